The molecular weight excluding hydrogens is 302 g/mol. The maximum absolute atomic E-state index is 11.5. The summed E-state index contributed by atoms with van der Waals surface area (Å²) in [6, 6.07) is 0. The molecule has 0 spiro atoms. The highest BCUT2D eigenvalue weighted by molar-refractivity contribution is 8.01. The first kappa shape index (κ1) is 15.0. The van der Waals surface area contributed by atoms with E-state index >= 15 is 0 Å². The lowest BCUT2D eigenvalue weighted by molar-refractivity contribution is 0.0526. The molecule has 1 unspecified atom stereocenters. The van der Waals surface area contributed by atoms with Gasteiger partial charge in [-0.25, -0.2) is 23.2 Å². The van der Waals surface area contributed by atoms with E-state index in [4.69, 9.17) is 10.5 Å². The average Bonchev–Trinajstić information content (AvgIpc) is 2.69. The SMILES string of the molecule is CCOC(=O)c1cnc(SC2CCS(=O)(=O)C2)nc1N. The summed E-state index contributed by atoms with van der Waals surface area (Å²) in [5.74, 6) is -0.200. The second-order valence-electron chi connectivity index (χ2n) is 4.31. The maximum Gasteiger partial charge on any atom is 0.343 e. The minimum atomic E-state index is -2.94. The zero-order chi connectivity index (χ0) is 14.8. The van der Waals surface area contributed by atoms with Gasteiger partial charge in [0.25, 0.3) is 0 Å². The van der Waals surface area contributed by atoms with E-state index in [0.717, 1.165) is 0 Å². The summed E-state index contributed by atoms with van der Waals surface area (Å²) < 4.78 is 27.6. The standard InChI is InChI=1S/C11H15N3O4S2/c1-2-18-10(15)8-5-13-11(14-9(8)12)19-7-3-4-20(16,17)6-7/h5,7H,2-4,6H2,1H3,(H2,12,13,14). The molecule has 1 aromatic heterocycles. The molecule has 0 radical (unpaired) electrons. The fourth-order valence-electron chi connectivity index (χ4n) is 1.80. The minimum absolute atomic E-state index is 0.0433. The van der Waals surface area contributed by atoms with Crippen LogP contribution in [0.25, 0.3) is 0 Å². The van der Waals surface area contributed by atoms with Crippen molar-refractivity contribution in [2.75, 3.05) is 23.8 Å². The molecule has 1 aromatic rings. The third-order valence-electron chi connectivity index (χ3n) is 2.75. The number of hydrogen-bond donors (Lipinski definition) is 1. The zero-order valence-corrected chi connectivity index (χ0v) is 12.5. The summed E-state index contributed by atoms with van der Waals surface area (Å²) in [6.07, 6.45) is 1.89. The monoisotopic (exact) mass is 317 g/mol. The summed E-state index contributed by atoms with van der Waals surface area (Å²) in [7, 11) is -2.94. The number of thioether (sulfide) groups is 1. The van der Waals surface area contributed by atoms with Gasteiger partial charge >= 0.3 is 5.97 Å². The van der Waals surface area contributed by atoms with Gasteiger partial charge in [-0.05, 0) is 13.3 Å². The van der Waals surface area contributed by atoms with Crippen LogP contribution in [0.2, 0.25) is 0 Å². The molecule has 9 heteroatoms. The summed E-state index contributed by atoms with van der Waals surface area (Å²) >= 11 is 1.27. The Balaban J connectivity index is 2.08. The molecule has 0 aromatic carbocycles. The zero-order valence-electron chi connectivity index (χ0n) is 10.9. The molecule has 0 aliphatic carbocycles. The fraction of sp³-hybridized carbons (Fsp3) is 0.545. The first-order valence-corrected chi connectivity index (χ1v) is 8.78. The van der Waals surface area contributed by atoms with Crippen LogP contribution in [0.3, 0.4) is 0 Å². The summed E-state index contributed by atoms with van der Waals surface area (Å²) in [5, 5.41) is 0.311. The summed E-state index contributed by atoms with van der Waals surface area (Å²) in [4.78, 5) is 19.6. The Hall–Kier alpha value is -1.35. The first-order valence-electron chi connectivity index (χ1n) is 6.08. The van der Waals surface area contributed by atoms with Crippen molar-refractivity contribution in [2.24, 2.45) is 0 Å². The Bertz CT molecular complexity index is 618. The van der Waals surface area contributed by atoms with Crippen molar-refractivity contribution >= 4 is 33.4 Å². The topological polar surface area (TPSA) is 112 Å². The lowest BCUT2D eigenvalue weighted by atomic mass is 10.3. The van der Waals surface area contributed by atoms with Gasteiger partial charge in [-0.2, -0.15) is 0 Å². The van der Waals surface area contributed by atoms with Crippen LogP contribution in [0.15, 0.2) is 11.4 Å². The molecule has 7 nitrogen and oxygen atoms in total. The molecule has 2 heterocycles. The Morgan fingerprint density at radius 3 is 2.90 bits per heavy atom. The highest BCUT2D eigenvalue weighted by Crippen LogP contribution is 2.29. The van der Waals surface area contributed by atoms with Crippen molar-refractivity contribution in [1.82, 2.24) is 9.97 Å². The minimum Gasteiger partial charge on any atom is -0.462 e. The Labute approximate surface area is 121 Å². The largest absolute Gasteiger partial charge is 0.462 e. The number of nitrogens with two attached hydrogens (primary N) is 1. The van der Waals surface area contributed by atoms with Crippen molar-refractivity contribution in [2.45, 2.75) is 23.8 Å². The van der Waals surface area contributed by atoms with Crippen molar-refractivity contribution in [1.29, 1.82) is 0 Å². The molecule has 1 aliphatic heterocycles. The number of carbonyl (C=O) groups excluding carboxylic acids is 1. The Morgan fingerprint density at radius 2 is 2.35 bits per heavy atom. The van der Waals surface area contributed by atoms with E-state index in [2.05, 4.69) is 9.97 Å². The van der Waals surface area contributed by atoms with Gasteiger partial charge in [0.05, 0.1) is 18.1 Å². The first-order chi connectivity index (χ1) is 9.41. The number of esters is 1. The molecule has 0 bridgehead atoms. The van der Waals surface area contributed by atoms with Gasteiger partial charge < -0.3 is 10.5 Å². The molecule has 1 fully saturated rings. The Morgan fingerprint density at radius 1 is 1.60 bits per heavy atom. The summed E-state index contributed by atoms with van der Waals surface area (Å²) in [6.45, 7) is 1.94. The number of rotatable bonds is 4. The van der Waals surface area contributed by atoms with E-state index in [9.17, 15) is 13.2 Å². The Kier molecular flexibility index (Phi) is 4.48. The van der Waals surface area contributed by atoms with Crippen LogP contribution >= 0.6 is 11.8 Å². The van der Waals surface area contributed by atoms with Gasteiger partial charge in [0.1, 0.15) is 11.4 Å². The number of nitrogen functional groups attached to an aromatic ring is 1. The second-order valence-corrected chi connectivity index (χ2v) is 7.81. The maximum atomic E-state index is 11.5. The van der Waals surface area contributed by atoms with Crippen molar-refractivity contribution in [3.05, 3.63) is 11.8 Å². The fourth-order valence-corrected chi connectivity index (χ4v) is 5.19. The van der Waals surface area contributed by atoms with Crippen LogP contribution in [-0.4, -0.2) is 47.7 Å². The normalized spacial score (nSPS) is 20.8. The molecular formula is C11H15N3O4S2. The molecule has 1 saturated heterocycles. The molecule has 1 atom stereocenters. The van der Waals surface area contributed by atoms with Gasteiger partial charge in [0.15, 0.2) is 15.0 Å². The number of anilines is 1. The van der Waals surface area contributed by atoms with E-state index in [1.807, 2.05) is 0 Å². The van der Waals surface area contributed by atoms with E-state index in [1.54, 1.807) is 6.92 Å². The van der Waals surface area contributed by atoms with Crippen LogP contribution < -0.4 is 5.73 Å². The van der Waals surface area contributed by atoms with E-state index < -0.39 is 15.8 Å². The highest BCUT2D eigenvalue weighted by Gasteiger charge is 2.29. The number of aromatic nitrogens is 2. The van der Waals surface area contributed by atoms with Crippen LogP contribution in [0, 0.1) is 0 Å². The molecule has 2 N–H and O–H groups in total. The van der Waals surface area contributed by atoms with Crippen LogP contribution in [0.4, 0.5) is 5.82 Å². The van der Waals surface area contributed by atoms with Crippen molar-refractivity contribution < 1.29 is 17.9 Å². The molecule has 110 valence electrons. The second kappa shape index (κ2) is 5.96. The van der Waals surface area contributed by atoms with Crippen LogP contribution in [0.1, 0.15) is 23.7 Å². The summed E-state index contributed by atoms with van der Waals surface area (Å²) in [5.41, 5.74) is 5.82. The number of nitrogens with zero attached hydrogens (tertiary/aromatic N) is 2. The number of ether oxygens (including phenoxy) is 1. The van der Waals surface area contributed by atoms with E-state index in [1.165, 1.54) is 18.0 Å². The molecule has 20 heavy (non-hydrogen) atoms. The average molecular weight is 317 g/mol. The van der Waals surface area contributed by atoms with Gasteiger partial charge in [0.2, 0.25) is 0 Å². The predicted molar refractivity (Wildman–Crippen MR) is 75.3 cm³/mol. The molecule has 1 aliphatic rings. The number of carbonyl (C=O) groups is 1. The third kappa shape index (κ3) is 3.60. The quantitative estimate of drug-likeness (QED) is 0.631. The van der Waals surface area contributed by atoms with Crippen molar-refractivity contribution in [3.63, 3.8) is 0 Å². The molecule has 0 amide bonds. The predicted octanol–water partition coefficient (Wildman–Crippen LogP) is 0.515. The smallest absolute Gasteiger partial charge is 0.343 e. The van der Waals surface area contributed by atoms with Crippen LogP contribution in [0.5, 0.6) is 0 Å². The molecule has 2 rings (SSSR count). The molecule has 0 saturated carbocycles. The van der Waals surface area contributed by atoms with Gasteiger partial charge in [0, 0.05) is 11.4 Å². The van der Waals surface area contributed by atoms with E-state index in [-0.39, 0.29) is 34.7 Å². The lowest BCUT2D eigenvalue weighted by Gasteiger charge is -2.08. The van der Waals surface area contributed by atoms with Gasteiger partial charge in [-0.1, -0.05) is 11.8 Å². The number of sulfone groups is 1. The van der Waals surface area contributed by atoms with E-state index in [0.29, 0.717) is 11.6 Å². The van der Waals surface area contributed by atoms with Crippen LogP contribution in [-0.2, 0) is 14.6 Å². The van der Waals surface area contributed by atoms with Gasteiger partial charge in [-0.3, -0.25) is 0 Å². The van der Waals surface area contributed by atoms with Crippen molar-refractivity contribution in [3.8, 4) is 0 Å². The third-order valence-corrected chi connectivity index (χ3v) is 5.88. The lowest BCUT2D eigenvalue weighted by Crippen LogP contribution is -2.12. The highest BCUT2D eigenvalue weighted by atomic mass is 32.2. The number of hydrogen-bond acceptors (Lipinski definition) is 8. The van der Waals surface area contributed by atoms with Gasteiger partial charge in [-0.15, -0.1) is 0 Å².